The highest BCUT2D eigenvalue weighted by Gasteiger charge is 2.27. The molecule has 0 saturated carbocycles. The van der Waals surface area contributed by atoms with Gasteiger partial charge in [0.25, 0.3) is 5.91 Å². The van der Waals surface area contributed by atoms with Crippen molar-refractivity contribution >= 4 is 27.9 Å². The third-order valence-corrected chi connectivity index (χ3v) is 4.54. The maximum Gasteiger partial charge on any atom is 0.261 e. The summed E-state index contributed by atoms with van der Waals surface area (Å²) < 4.78 is 5.36. The molecule has 6 nitrogen and oxygen atoms in total. The first-order chi connectivity index (χ1) is 9.08. The third-order valence-electron chi connectivity index (χ3n) is 3.26. The molecule has 0 aromatic carbocycles. The molecule has 102 valence electrons. The molecule has 1 aromatic rings. The molecule has 7 heteroatoms. The third kappa shape index (κ3) is 2.50. The second-order valence-corrected chi connectivity index (χ2v) is 5.45. The number of rotatable bonds is 3. The summed E-state index contributed by atoms with van der Waals surface area (Å²) >= 11 is 1.19. The lowest BCUT2D eigenvalue weighted by atomic mass is 10.1. The molecular weight excluding hydrogens is 264 g/mol. The summed E-state index contributed by atoms with van der Waals surface area (Å²) in [5, 5.41) is 9.93. The van der Waals surface area contributed by atoms with Gasteiger partial charge < -0.3 is 21.1 Å². The summed E-state index contributed by atoms with van der Waals surface area (Å²) in [7, 11) is 1.68. The highest BCUT2D eigenvalue weighted by molar-refractivity contribution is 7.19. The number of nitrogen functional groups attached to an aromatic ring is 1. The van der Waals surface area contributed by atoms with Crippen LogP contribution in [0.1, 0.15) is 28.1 Å². The molecule has 1 aromatic heterocycles. The van der Waals surface area contributed by atoms with Crippen molar-refractivity contribution in [2.45, 2.75) is 18.9 Å². The van der Waals surface area contributed by atoms with E-state index in [1.54, 1.807) is 7.11 Å². The lowest BCUT2D eigenvalue weighted by molar-refractivity contribution is 0.0895. The van der Waals surface area contributed by atoms with E-state index in [2.05, 4.69) is 6.07 Å². The number of thiophene rings is 1. The van der Waals surface area contributed by atoms with Gasteiger partial charge in [0.15, 0.2) is 0 Å². The molecule has 1 saturated heterocycles. The summed E-state index contributed by atoms with van der Waals surface area (Å²) in [5.41, 5.74) is 11.6. The van der Waals surface area contributed by atoms with Gasteiger partial charge in [0.05, 0.1) is 11.8 Å². The maximum atomic E-state index is 11.3. The Labute approximate surface area is 115 Å². The van der Waals surface area contributed by atoms with Crippen molar-refractivity contribution in [1.29, 1.82) is 5.26 Å². The molecule has 19 heavy (non-hydrogen) atoms. The topological polar surface area (TPSA) is 105 Å². The fraction of sp³-hybridized carbons (Fsp3) is 0.500. The summed E-state index contributed by atoms with van der Waals surface area (Å²) in [4.78, 5) is 13.6. The minimum absolute atomic E-state index is 0.139. The second-order valence-electron chi connectivity index (χ2n) is 4.45. The zero-order valence-electron chi connectivity index (χ0n) is 10.7. The zero-order chi connectivity index (χ0) is 14.0. The lowest BCUT2D eigenvalue weighted by Crippen LogP contribution is -2.39. The standard InChI is InChI=1S/C12H16N4O2S/c1-18-7-3-2-4-16(6-7)12-8(5-13)9(14)10(19-12)11(15)17/h7H,2-4,6,14H2,1H3,(H2,15,17). The SMILES string of the molecule is COC1CCCN(c2sc(C(N)=O)c(N)c2C#N)C1. The molecule has 1 atom stereocenters. The molecule has 0 aliphatic carbocycles. The Bertz CT molecular complexity index is 535. The van der Waals surface area contributed by atoms with Crippen molar-refractivity contribution in [2.75, 3.05) is 30.8 Å². The van der Waals surface area contributed by atoms with Gasteiger partial charge in [0.1, 0.15) is 21.5 Å². The van der Waals surface area contributed by atoms with Crippen LogP contribution in [0.15, 0.2) is 0 Å². The van der Waals surface area contributed by atoms with Gasteiger partial charge in [-0.1, -0.05) is 0 Å². The number of hydrogen-bond acceptors (Lipinski definition) is 6. The second kappa shape index (κ2) is 5.47. The van der Waals surface area contributed by atoms with Crippen molar-refractivity contribution in [3.05, 3.63) is 10.4 Å². The van der Waals surface area contributed by atoms with Crippen LogP contribution in [0.25, 0.3) is 0 Å². The van der Waals surface area contributed by atoms with Gasteiger partial charge in [0.2, 0.25) is 0 Å². The van der Waals surface area contributed by atoms with Crippen LogP contribution in [-0.2, 0) is 4.74 Å². The largest absolute Gasteiger partial charge is 0.396 e. The molecule has 0 radical (unpaired) electrons. The van der Waals surface area contributed by atoms with Crippen molar-refractivity contribution in [3.63, 3.8) is 0 Å². The number of amides is 1. The number of ether oxygens (including phenoxy) is 1. The van der Waals surface area contributed by atoms with Crippen molar-refractivity contribution in [2.24, 2.45) is 5.73 Å². The number of methoxy groups -OCH3 is 1. The van der Waals surface area contributed by atoms with Crippen LogP contribution in [-0.4, -0.2) is 32.2 Å². The smallest absolute Gasteiger partial charge is 0.261 e. The van der Waals surface area contributed by atoms with Crippen molar-refractivity contribution in [1.82, 2.24) is 0 Å². The first-order valence-corrected chi connectivity index (χ1v) is 6.80. The molecule has 2 rings (SSSR count). The van der Waals surface area contributed by atoms with E-state index in [0.29, 0.717) is 12.1 Å². The Kier molecular flexibility index (Phi) is 3.93. The van der Waals surface area contributed by atoms with Crippen LogP contribution in [0.4, 0.5) is 10.7 Å². The fourth-order valence-electron chi connectivity index (χ4n) is 2.26. The van der Waals surface area contributed by atoms with E-state index >= 15 is 0 Å². The molecule has 2 heterocycles. The summed E-state index contributed by atoms with van der Waals surface area (Å²) in [5.74, 6) is -0.592. The predicted molar refractivity (Wildman–Crippen MR) is 74.2 cm³/mol. The predicted octanol–water partition coefficient (Wildman–Crippen LogP) is 0.916. The molecule has 1 aliphatic heterocycles. The van der Waals surface area contributed by atoms with Crippen molar-refractivity contribution < 1.29 is 9.53 Å². The Hall–Kier alpha value is -1.78. The minimum Gasteiger partial charge on any atom is -0.396 e. The number of nitrogens with zero attached hydrogens (tertiary/aromatic N) is 2. The Morgan fingerprint density at radius 2 is 2.37 bits per heavy atom. The zero-order valence-corrected chi connectivity index (χ0v) is 11.5. The highest BCUT2D eigenvalue weighted by Crippen LogP contribution is 2.38. The average molecular weight is 280 g/mol. The number of carbonyl (C=O) groups is 1. The quantitative estimate of drug-likeness (QED) is 0.856. The summed E-state index contributed by atoms with van der Waals surface area (Å²) in [6.07, 6.45) is 2.12. The maximum absolute atomic E-state index is 11.3. The number of primary amides is 1. The van der Waals surface area contributed by atoms with Crippen molar-refractivity contribution in [3.8, 4) is 6.07 Å². The molecule has 1 unspecified atom stereocenters. The molecule has 0 spiro atoms. The van der Waals surface area contributed by atoms with Gasteiger partial charge in [-0.3, -0.25) is 4.79 Å². The van der Waals surface area contributed by atoms with E-state index < -0.39 is 5.91 Å². The van der Waals surface area contributed by atoms with Crippen LogP contribution < -0.4 is 16.4 Å². The number of nitriles is 1. The lowest BCUT2D eigenvalue weighted by Gasteiger charge is -2.32. The van der Waals surface area contributed by atoms with E-state index in [-0.39, 0.29) is 16.7 Å². The number of piperidine rings is 1. The van der Waals surface area contributed by atoms with Gasteiger partial charge in [-0.2, -0.15) is 5.26 Å². The molecule has 4 N–H and O–H groups in total. The summed E-state index contributed by atoms with van der Waals surface area (Å²) in [6.45, 7) is 1.52. The van der Waals surface area contributed by atoms with Crippen LogP contribution >= 0.6 is 11.3 Å². The number of hydrogen-bond donors (Lipinski definition) is 2. The first-order valence-electron chi connectivity index (χ1n) is 5.98. The molecule has 0 bridgehead atoms. The Morgan fingerprint density at radius 3 is 2.95 bits per heavy atom. The normalized spacial score (nSPS) is 19.2. The Morgan fingerprint density at radius 1 is 1.63 bits per heavy atom. The van der Waals surface area contributed by atoms with E-state index in [9.17, 15) is 10.1 Å². The highest BCUT2D eigenvalue weighted by atomic mass is 32.1. The van der Waals surface area contributed by atoms with Gasteiger partial charge in [-0.15, -0.1) is 11.3 Å². The number of carbonyl (C=O) groups excluding carboxylic acids is 1. The van der Waals surface area contributed by atoms with E-state index in [1.165, 1.54) is 11.3 Å². The first kappa shape index (κ1) is 13.6. The van der Waals surface area contributed by atoms with Gasteiger partial charge in [-0.05, 0) is 12.8 Å². The molecule has 1 amide bonds. The van der Waals surface area contributed by atoms with Gasteiger partial charge in [-0.25, -0.2) is 0 Å². The molecular formula is C12H16N4O2S. The summed E-state index contributed by atoms with van der Waals surface area (Å²) in [6, 6.07) is 2.06. The average Bonchev–Trinajstić information content (AvgIpc) is 2.75. The number of nitrogens with two attached hydrogens (primary N) is 2. The van der Waals surface area contributed by atoms with E-state index in [1.807, 2.05) is 4.90 Å². The van der Waals surface area contributed by atoms with Gasteiger partial charge in [0, 0.05) is 20.2 Å². The van der Waals surface area contributed by atoms with Crippen LogP contribution in [0, 0.1) is 11.3 Å². The Balaban J connectivity index is 2.36. The van der Waals surface area contributed by atoms with E-state index in [0.717, 1.165) is 24.4 Å². The fourth-order valence-corrected chi connectivity index (χ4v) is 3.32. The minimum atomic E-state index is -0.592. The van der Waals surface area contributed by atoms with E-state index in [4.69, 9.17) is 16.2 Å². The van der Waals surface area contributed by atoms with Crippen LogP contribution in [0.2, 0.25) is 0 Å². The monoisotopic (exact) mass is 280 g/mol. The van der Waals surface area contributed by atoms with Crippen LogP contribution in [0.5, 0.6) is 0 Å². The van der Waals surface area contributed by atoms with Gasteiger partial charge >= 0.3 is 0 Å². The molecule has 1 fully saturated rings. The molecule has 1 aliphatic rings. The number of anilines is 2. The van der Waals surface area contributed by atoms with Crippen LogP contribution in [0.3, 0.4) is 0 Å².